The molecule has 2 aliphatic carbocycles. The summed E-state index contributed by atoms with van der Waals surface area (Å²) in [7, 11) is 0. The second-order valence-electron chi connectivity index (χ2n) is 6.18. The number of ketones is 1. The van der Waals surface area contributed by atoms with Crippen LogP contribution in [0.25, 0.3) is 0 Å². The predicted octanol–water partition coefficient (Wildman–Crippen LogP) is 2.76. The van der Waals surface area contributed by atoms with E-state index in [1.807, 2.05) is 0 Å². The van der Waals surface area contributed by atoms with E-state index in [0.717, 1.165) is 24.7 Å². The molecule has 2 nitrogen and oxygen atoms in total. The van der Waals surface area contributed by atoms with Gasteiger partial charge in [-0.05, 0) is 50.6 Å². The molecule has 1 atom stereocenters. The summed E-state index contributed by atoms with van der Waals surface area (Å²) >= 11 is 0. The molecule has 0 aromatic rings. The number of rotatable bonds is 1. The Morgan fingerprint density at radius 2 is 1.75 bits per heavy atom. The van der Waals surface area contributed by atoms with Gasteiger partial charge in [-0.3, -0.25) is 9.69 Å². The number of nitrogens with zero attached hydrogens (tertiary/aromatic N) is 1. The Labute approximate surface area is 98.4 Å². The van der Waals surface area contributed by atoms with Gasteiger partial charge >= 0.3 is 0 Å². The smallest absolute Gasteiger partial charge is 0.134 e. The monoisotopic (exact) mass is 221 g/mol. The van der Waals surface area contributed by atoms with Crippen LogP contribution in [0.5, 0.6) is 0 Å². The molecule has 2 heteroatoms. The Bertz CT molecular complexity index is 270. The molecule has 3 fully saturated rings. The van der Waals surface area contributed by atoms with E-state index in [2.05, 4.69) is 4.90 Å². The summed E-state index contributed by atoms with van der Waals surface area (Å²) in [5.41, 5.74) is 0.721. The molecule has 0 N–H and O–H groups in total. The van der Waals surface area contributed by atoms with E-state index in [1.165, 1.54) is 51.6 Å². The van der Waals surface area contributed by atoms with Gasteiger partial charge < -0.3 is 0 Å². The van der Waals surface area contributed by atoms with Crippen molar-refractivity contribution in [2.24, 2.45) is 5.41 Å². The summed E-state index contributed by atoms with van der Waals surface area (Å²) < 4.78 is 0. The molecule has 3 rings (SSSR count). The topological polar surface area (TPSA) is 20.3 Å². The van der Waals surface area contributed by atoms with E-state index in [9.17, 15) is 4.79 Å². The number of likely N-dealkylation sites (tertiary alicyclic amines) is 1. The highest BCUT2D eigenvalue weighted by Crippen LogP contribution is 2.46. The number of carbonyl (C=O) groups excluding carboxylic acids is 1. The fourth-order valence-corrected chi connectivity index (χ4v) is 4.09. The fourth-order valence-electron chi connectivity index (χ4n) is 4.09. The van der Waals surface area contributed by atoms with Crippen LogP contribution in [0.4, 0.5) is 0 Å². The third-order valence-electron chi connectivity index (χ3n) is 5.26. The highest BCUT2D eigenvalue weighted by atomic mass is 16.1. The van der Waals surface area contributed by atoms with Crippen molar-refractivity contribution in [1.29, 1.82) is 0 Å². The van der Waals surface area contributed by atoms with Gasteiger partial charge in [-0.15, -0.1) is 0 Å². The first-order valence-electron chi connectivity index (χ1n) is 7.03. The minimum atomic E-state index is 0.492. The van der Waals surface area contributed by atoms with Gasteiger partial charge in [0.1, 0.15) is 5.78 Å². The summed E-state index contributed by atoms with van der Waals surface area (Å²) in [5, 5.41) is 0. The first-order valence-corrected chi connectivity index (χ1v) is 7.03. The molecule has 1 saturated heterocycles. The lowest BCUT2D eigenvalue weighted by atomic mass is 9.77. The zero-order valence-corrected chi connectivity index (χ0v) is 10.2. The van der Waals surface area contributed by atoms with Crippen molar-refractivity contribution in [3.8, 4) is 0 Å². The Hall–Kier alpha value is -0.370. The first kappa shape index (κ1) is 10.8. The van der Waals surface area contributed by atoms with Gasteiger partial charge in [0.05, 0.1) is 0 Å². The molecule has 16 heavy (non-hydrogen) atoms. The van der Waals surface area contributed by atoms with E-state index < -0.39 is 0 Å². The number of hydrogen-bond acceptors (Lipinski definition) is 2. The minimum Gasteiger partial charge on any atom is -0.300 e. The van der Waals surface area contributed by atoms with Crippen LogP contribution < -0.4 is 0 Å². The fraction of sp³-hybridized carbons (Fsp3) is 0.929. The Morgan fingerprint density at radius 1 is 1.06 bits per heavy atom. The quantitative estimate of drug-likeness (QED) is 0.678. The summed E-state index contributed by atoms with van der Waals surface area (Å²) in [5.74, 6) is 0.492. The number of hydrogen-bond donors (Lipinski definition) is 0. The average Bonchev–Trinajstić information content (AvgIpc) is 2.90. The standard InChI is InChI=1S/C14H23NO/c16-13-4-3-12(11-13)15-9-7-14(8-10-15)5-1-2-6-14/h12H,1-11H2. The van der Waals surface area contributed by atoms with Crippen LogP contribution in [0.3, 0.4) is 0 Å². The lowest BCUT2D eigenvalue weighted by Crippen LogP contribution is -2.43. The van der Waals surface area contributed by atoms with Crippen molar-refractivity contribution in [2.75, 3.05) is 13.1 Å². The van der Waals surface area contributed by atoms with Crippen LogP contribution in [-0.4, -0.2) is 29.8 Å². The molecule has 0 aromatic carbocycles. The highest BCUT2D eigenvalue weighted by molar-refractivity contribution is 5.81. The lowest BCUT2D eigenvalue weighted by Gasteiger charge is -2.41. The first-order chi connectivity index (χ1) is 7.77. The molecule has 0 aromatic heterocycles. The van der Waals surface area contributed by atoms with Gasteiger partial charge in [0.2, 0.25) is 0 Å². The summed E-state index contributed by atoms with van der Waals surface area (Å²) in [6.07, 6.45) is 11.5. The number of piperidine rings is 1. The zero-order valence-electron chi connectivity index (χ0n) is 10.2. The molecule has 0 amide bonds. The van der Waals surface area contributed by atoms with Crippen molar-refractivity contribution in [3.05, 3.63) is 0 Å². The van der Waals surface area contributed by atoms with Crippen LogP contribution in [0.1, 0.15) is 57.8 Å². The molecular weight excluding hydrogens is 198 g/mol. The summed E-state index contributed by atoms with van der Waals surface area (Å²) in [6, 6.07) is 0.603. The second-order valence-corrected chi connectivity index (χ2v) is 6.18. The normalized spacial score (nSPS) is 35.0. The Balaban J connectivity index is 1.56. The van der Waals surface area contributed by atoms with Crippen molar-refractivity contribution >= 4 is 5.78 Å². The molecule has 1 unspecified atom stereocenters. The molecule has 2 saturated carbocycles. The molecule has 0 bridgehead atoms. The van der Waals surface area contributed by atoms with Gasteiger partial charge in [0.15, 0.2) is 0 Å². The van der Waals surface area contributed by atoms with Gasteiger partial charge in [-0.2, -0.15) is 0 Å². The summed E-state index contributed by atoms with van der Waals surface area (Å²) in [6.45, 7) is 2.52. The summed E-state index contributed by atoms with van der Waals surface area (Å²) in [4.78, 5) is 13.9. The maximum absolute atomic E-state index is 11.3. The van der Waals surface area contributed by atoms with Crippen molar-refractivity contribution < 1.29 is 4.79 Å². The molecular formula is C14H23NO. The van der Waals surface area contributed by atoms with Crippen molar-refractivity contribution in [1.82, 2.24) is 4.90 Å². The highest BCUT2D eigenvalue weighted by Gasteiger charge is 2.39. The van der Waals surface area contributed by atoms with E-state index in [-0.39, 0.29) is 0 Å². The Kier molecular flexibility index (Phi) is 2.78. The second kappa shape index (κ2) is 4.14. The van der Waals surface area contributed by atoms with Crippen LogP contribution in [0, 0.1) is 5.41 Å². The maximum atomic E-state index is 11.3. The van der Waals surface area contributed by atoms with Crippen molar-refractivity contribution in [2.45, 2.75) is 63.8 Å². The van der Waals surface area contributed by atoms with E-state index >= 15 is 0 Å². The number of carbonyl (C=O) groups is 1. The molecule has 1 heterocycles. The van der Waals surface area contributed by atoms with Crippen LogP contribution in [-0.2, 0) is 4.79 Å². The lowest BCUT2D eigenvalue weighted by molar-refractivity contribution is -0.117. The molecule has 90 valence electrons. The third-order valence-corrected chi connectivity index (χ3v) is 5.26. The minimum absolute atomic E-state index is 0.492. The van der Waals surface area contributed by atoms with Gasteiger partial charge in [0.25, 0.3) is 0 Å². The van der Waals surface area contributed by atoms with E-state index in [4.69, 9.17) is 0 Å². The van der Waals surface area contributed by atoms with Crippen LogP contribution >= 0.6 is 0 Å². The zero-order chi connectivity index (χ0) is 11.0. The van der Waals surface area contributed by atoms with Gasteiger partial charge in [0, 0.05) is 18.9 Å². The molecule has 1 spiro atoms. The molecule has 3 aliphatic rings. The SMILES string of the molecule is O=C1CCC(N2CCC3(CCCC3)CC2)C1. The average molecular weight is 221 g/mol. The maximum Gasteiger partial charge on any atom is 0.134 e. The van der Waals surface area contributed by atoms with E-state index in [1.54, 1.807) is 0 Å². The largest absolute Gasteiger partial charge is 0.300 e. The van der Waals surface area contributed by atoms with Crippen LogP contribution in [0.15, 0.2) is 0 Å². The predicted molar refractivity (Wildman–Crippen MR) is 64.4 cm³/mol. The van der Waals surface area contributed by atoms with Gasteiger partial charge in [-0.25, -0.2) is 0 Å². The van der Waals surface area contributed by atoms with E-state index in [0.29, 0.717) is 11.8 Å². The Morgan fingerprint density at radius 3 is 2.31 bits per heavy atom. The van der Waals surface area contributed by atoms with Gasteiger partial charge in [-0.1, -0.05) is 12.8 Å². The number of Topliss-reactive ketones (excluding diaryl/α,β-unsaturated/α-hetero) is 1. The molecule has 0 radical (unpaired) electrons. The van der Waals surface area contributed by atoms with Crippen LogP contribution in [0.2, 0.25) is 0 Å². The van der Waals surface area contributed by atoms with Crippen molar-refractivity contribution in [3.63, 3.8) is 0 Å². The molecule has 1 aliphatic heterocycles. The third kappa shape index (κ3) is 1.92.